The van der Waals surface area contributed by atoms with Crippen LogP contribution in [0.2, 0.25) is 0 Å². The van der Waals surface area contributed by atoms with E-state index in [-0.39, 0.29) is 17.9 Å². The molecule has 0 radical (unpaired) electrons. The van der Waals surface area contributed by atoms with Crippen molar-refractivity contribution >= 4 is 21.6 Å². The third-order valence-electron chi connectivity index (χ3n) is 4.86. The molecule has 0 unspecified atom stereocenters. The summed E-state index contributed by atoms with van der Waals surface area (Å²) in [5, 5.41) is 2.97. The van der Waals surface area contributed by atoms with Crippen molar-refractivity contribution in [3.63, 3.8) is 0 Å². The number of anilines is 1. The molecule has 25 heavy (non-hydrogen) atoms. The molecule has 2 rings (SSSR count). The zero-order chi connectivity index (χ0) is 18.7. The van der Waals surface area contributed by atoms with Crippen molar-refractivity contribution in [1.29, 1.82) is 0 Å². The average Bonchev–Trinajstić information content (AvgIpc) is 2.55. The molecule has 0 atom stereocenters. The molecule has 0 heterocycles. The van der Waals surface area contributed by atoms with Gasteiger partial charge >= 0.3 is 0 Å². The van der Waals surface area contributed by atoms with Gasteiger partial charge in [-0.2, -0.15) is 0 Å². The van der Waals surface area contributed by atoms with Gasteiger partial charge in [0.15, 0.2) is 0 Å². The number of rotatable bonds is 5. The number of hydrogen-bond acceptors (Lipinski definition) is 3. The lowest BCUT2D eigenvalue weighted by atomic mass is 9.86. The Bertz CT molecular complexity index is 682. The second-order valence-electron chi connectivity index (χ2n) is 7.82. The molecular weight excluding hydrogens is 336 g/mol. The zero-order valence-electron chi connectivity index (χ0n) is 15.6. The van der Waals surface area contributed by atoms with E-state index in [2.05, 4.69) is 17.0 Å². The number of aryl methyl sites for hydroxylation is 1. The highest BCUT2D eigenvalue weighted by molar-refractivity contribution is 7.90. The number of carbonyl (C=O) groups is 1. The van der Waals surface area contributed by atoms with Gasteiger partial charge in [-0.25, -0.2) is 13.1 Å². The Balaban J connectivity index is 1.85. The Morgan fingerprint density at radius 2 is 1.64 bits per heavy atom. The third kappa shape index (κ3) is 5.28. The largest absolute Gasteiger partial charge is 0.326 e. The molecule has 0 saturated heterocycles. The highest BCUT2D eigenvalue weighted by atomic mass is 32.2. The summed E-state index contributed by atoms with van der Waals surface area (Å²) in [6.45, 7) is 7.18. The molecule has 1 aliphatic rings. The van der Waals surface area contributed by atoms with E-state index in [1.165, 1.54) is 5.56 Å². The maximum absolute atomic E-state index is 12.4. The summed E-state index contributed by atoms with van der Waals surface area (Å²) in [6, 6.07) is 7.83. The number of hydrogen-bond donors (Lipinski definition) is 2. The van der Waals surface area contributed by atoms with Crippen molar-refractivity contribution in [1.82, 2.24) is 4.72 Å². The van der Waals surface area contributed by atoms with E-state index in [9.17, 15) is 13.2 Å². The summed E-state index contributed by atoms with van der Waals surface area (Å²) < 4.78 is 26.5. The van der Waals surface area contributed by atoms with E-state index in [4.69, 9.17) is 0 Å². The van der Waals surface area contributed by atoms with Crippen LogP contribution in [0.3, 0.4) is 0 Å². The molecule has 5 nitrogen and oxygen atoms in total. The summed E-state index contributed by atoms with van der Waals surface area (Å²) >= 11 is 0. The molecule has 6 heteroatoms. The fraction of sp³-hybridized carbons (Fsp3) is 0.632. The predicted molar refractivity (Wildman–Crippen MR) is 102 cm³/mol. The second-order valence-corrected chi connectivity index (χ2v) is 10.3. The Morgan fingerprint density at radius 3 is 2.12 bits per heavy atom. The molecule has 1 aromatic carbocycles. The SMILES string of the molecule is CCc1ccc(NC(=O)C2CCC(NS(=O)(=O)C(C)(C)C)CC2)cc1. The number of carbonyl (C=O) groups excluding carboxylic acids is 1. The maximum Gasteiger partial charge on any atom is 0.227 e. The van der Waals surface area contributed by atoms with Gasteiger partial charge in [0, 0.05) is 17.6 Å². The summed E-state index contributed by atoms with van der Waals surface area (Å²) in [5.41, 5.74) is 2.06. The first-order chi connectivity index (χ1) is 11.6. The van der Waals surface area contributed by atoms with Crippen LogP contribution in [0, 0.1) is 5.92 Å². The van der Waals surface area contributed by atoms with Crippen LogP contribution in [0.1, 0.15) is 58.9 Å². The first kappa shape index (κ1) is 19.9. The van der Waals surface area contributed by atoms with Crippen LogP contribution in [-0.2, 0) is 21.2 Å². The van der Waals surface area contributed by atoms with Gasteiger partial charge in [-0.15, -0.1) is 0 Å². The quantitative estimate of drug-likeness (QED) is 0.838. The van der Waals surface area contributed by atoms with Crippen LogP contribution in [0.15, 0.2) is 24.3 Å². The fourth-order valence-corrected chi connectivity index (χ4v) is 3.97. The highest BCUT2D eigenvalue weighted by Crippen LogP contribution is 2.27. The monoisotopic (exact) mass is 366 g/mol. The minimum Gasteiger partial charge on any atom is -0.326 e. The summed E-state index contributed by atoms with van der Waals surface area (Å²) in [5.74, 6) is -0.0254. The van der Waals surface area contributed by atoms with Crippen LogP contribution in [0.5, 0.6) is 0 Å². The van der Waals surface area contributed by atoms with Gasteiger partial charge in [-0.1, -0.05) is 19.1 Å². The predicted octanol–water partition coefficient (Wildman–Crippen LogP) is 3.46. The lowest BCUT2D eigenvalue weighted by Crippen LogP contribution is -2.46. The molecule has 0 spiro atoms. The lowest BCUT2D eigenvalue weighted by Gasteiger charge is -2.30. The molecule has 1 fully saturated rings. The Morgan fingerprint density at radius 1 is 1.08 bits per heavy atom. The molecule has 0 aromatic heterocycles. The van der Waals surface area contributed by atoms with Gasteiger partial charge in [-0.05, 0) is 70.6 Å². The number of benzene rings is 1. The topological polar surface area (TPSA) is 75.3 Å². The number of sulfonamides is 1. The molecule has 140 valence electrons. The van der Waals surface area contributed by atoms with Crippen LogP contribution in [0.25, 0.3) is 0 Å². The summed E-state index contributed by atoms with van der Waals surface area (Å²) in [6.07, 6.45) is 3.78. The Labute approximate surface area is 151 Å². The average molecular weight is 367 g/mol. The smallest absolute Gasteiger partial charge is 0.227 e. The van der Waals surface area contributed by atoms with Crippen molar-refractivity contribution < 1.29 is 13.2 Å². The molecular formula is C19H30N2O3S. The normalized spacial score (nSPS) is 21.8. The van der Waals surface area contributed by atoms with Gasteiger partial charge in [0.1, 0.15) is 0 Å². The standard InChI is InChI=1S/C19H30N2O3S/c1-5-14-6-10-16(11-7-14)20-18(22)15-8-12-17(13-9-15)21-25(23,24)19(2,3)4/h6-7,10-11,15,17,21H,5,8-9,12-13H2,1-4H3,(H,20,22). The van der Waals surface area contributed by atoms with Gasteiger partial charge in [-0.3, -0.25) is 4.79 Å². The Kier molecular flexibility index (Phi) is 6.27. The maximum atomic E-state index is 12.4. The molecule has 0 aliphatic heterocycles. The van der Waals surface area contributed by atoms with Crippen molar-refractivity contribution in [3.8, 4) is 0 Å². The Hall–Kier alpha value is -1.40. The van der Waals surface area contributed by atoms with Gasteiger partial charge in [0.25, 0.3) is 0 Å². The first-order valence-corrected chi connectivity index (χ1v) is 10.5. The van der Waals surface area contributed by atoms with E-state index in [1.807, 2.05) is 24.3 Å². The molecule has 1 amide bonds. The van der Waals surface area contributed by atoms with E-state index in [0.29, 0.717) is 25.7 Å². The van der Waals surface area contributed by atoms with E-state index >= 15 is 0 Å². The second kappa shape index (κ2) is 7.87. The molecule has 1 saturated carbocycles. The van der Waals surface area contributed by atoms with Crippen molar-refractivity contribution in [2.24, 2.45) is 5.92 Å². The van der Waals surface area contributed by atoms with E-state index in [0.717, 1.165) is 12.1 Å². The van der Waals surface area contributed by atoms with Crippen molar-refractivity contribution in [2.45, 2.75) is 70.6 Å². The van der Waals surface area contributed by atoms with Crippen molar-refractivity contribution in [3.05, 3.63) is 29.8 Å². The lowest BCUT2D eigenvalue weighted by molar-refractivity contribution is -0.120. The highest BCUT2D eigenvalue weighted by Gasteiger charge is 2.34. The molecule has 1 aromatic rings. The minimum atomic E-state index is -3.34. The van der Waals surface area contributed by atoms with E-state index < -0.39 is 14.8 Å². The zero-order valence-corrected chi connectivity index (χ0v) is 16.4. The van der Waals surface area contributed by atoms with Crippen LogP contribution in [0.4, 0.5) is 5.69 Å². The van der Waals surface area contributed by atoms with Crippen LogP contribution in [-0.4, -0.2) is 25.1 Å². The summed E-state index contributed by atoms with van der Waals surface area (Å²) in [7, 11) is -3.34. The minimum absolute atomic E-state index is 0.0291. The first-order valence-electron chi connectivity index (χ1n) is 9.04. The molecule has 2 N–H and O–H groups in total. The van der Waals surface area contributed by atoms with Gasteiger partial charge < -0.3 is 5.32 Å². The van der Waals surface area contributed by atoms with Crippen molar-refractivity contribution in [2.75, 3.05) is 5.32 Å². The fourth-order valence-electron chi connectivity index (χ4n) is 2.94. The van der Waals surface area contributed by atoms with Crippen LogP contribution < -0.4 is 10.0 Å². The molecule has 0 bridgehead atoms. The third-order valence-corrected chi connectivity index (χ3v) is 7.11. The molecule has 1 aliphatic carbocycles. The van der Waals surface area contributed by atoms with Gasteiger partial charge in [0.2, 0.25) is 15.9 Å². The number of amides is 1. The number of nitrogens with one attached hydrogen (secondary N) is 2. The van der Waals surface area contributed by atoms with E-state index in [1.54, 1.807) is 20.8 Å². The van der Waals surface area contributed by atoms with Gasteiger partial charge in [0.05, 0.1) is 4.75 Å². The summed E-state index contributed by atoms with van der Waals surface area (Å²) in [4.78, 5) is 12.4. The van der Waals surface area contributed by atoms with Crippen LogP contribution >= 0.6 is 0 Å².